The van der Waals surface area contributed by atoms with Gasteiger partial charge >= 0.3 is 0 Å². The number of amides is 1. The summed E-state index contributed by atoms with van der Waals surface area (Å²) in [7, 11) is 0. The summed E-state index contributed by atoms with van der Waals surface area (Å²) in [6.07, 6.45) is 4.89. The van der Waals surface area contributed by atoms with Gasteiger partial charge in [0.2, 0.25) is 0 Å². The molecule has 1 N–H and O–H groups in total. The summed E-state index contributed by atoms with van der Waals surface area (Å²) in [5.41, 5.74) is 0.619. The fourth-order valence-corrected chi connectivity index (χ4v) is 3.62. The molecule has 1 amide bonds. The second-order valence-electron chi connectivity index (χ2n) is 7.17. The molecule has 0 bridgehead atoms. The minimum absolute atomic E-state index is 0.0613. The molecule has 2 heterocycles. The number of nitrogens with one attached hydrogen (secondary N) is 1. The Labute approximate surface area is 150 Å². The van der Waals surface area contributed by atoms with Gasteiger partial charge in [0.05, 0.1) is 12.2 Å². The van der Waals surface area contributed by atoms with Crippen molar-refractivity contribution in [3.63, 3.8) is 0 Å². The number of hydrogen-bond acceptors (Lipinski definition) is 4. The summed E-state index contributed by atoms with van der Waals surface area (Å²) in [6, 6.07) is 8.14. The normalized spacial score (nSPS) is 24.2. The molecule has 0 aromatic heterocycles. The van der Waals surface area contributed by atoms with Gasteiger partial charge in [0.25, 0.3) is 5.91 Å². The van der Waals surface area contributed by atoms with Crippen LogP contribution < -0.4 is 10.1 Å². The molecule has 3 rings (SSSR count). The predicted molar refractivity (Wildman–Crippen MR) is 98.1 cm³/mol. The maximum atomic E-state index is 12.5. The molecule has 2 aliphatic rings. The quantitative estimate of drug-likeness (QED) is 0.825. The lowest BCUT2D eigenvalue weighted by Crippen LogP contribution is -2.40. The molecule has 0 spiro atoms. The zero-order valence-electron chi connectivity index (χ0n) is 15.2. The highest BCUT2D eigenvalue weighted by Gasteiger charge is 2.20. The molecule has 0 radical (unpaired) electrons. The van der Waals surface area contributed by atoms with E-state index in [2.05, 4.69) is 17.1 Å². The Morgan fingerprint density at radius 1 is 1.32 bits per heavy atom. The number of likely N-dealkylation sites (tertiary alicyclic amines) is 1. The highest BCUT2D eigenvalue weighted by atomic mass is 16.5. The zero-order valence-corrected chi connectivity index (χ0v) is 15.2. The topological polar surface area (TPSA) is 50.8 Å². The molecular formula is C20H30N2O3. The van der Waals surface area contributed by atoms with Crippen molar-refractivity contribution in [1.82, 2.24) is 10.2 Å². The molecule has 2 atom stereocenters. The Bertz CT molecular complexity index is 558. The van der Waals surface area contributed by atoms with Crippen LogP contribution in [0, 0.1) is 5.92 Å². The van der Waals surface area contributed by atoms with Crippen molar-refractivity contribution in [3.05, 3.63) is 29.8 Å². The van der Waals surface area contributed by atoms with E-state index < -0.39 is 0 Å². The molecular weight excluding hydrogens is 316 g/mol. The third-order valence-electron chi connectivity index (χ3n) is 5.28. The van der Waals surface area contributed by atoms with Gasteiger partial charge in [-0.2, -0.15) is 0 Å². The van der Waals surface area contributed by atoms with Crippen LogP contribution in [-0.2, 0) is 4.74 Å². The van der Waals surface area contributed by atoms with Crippen molar-refractivity contribution in [2.75, 3.05) is 39.5 Å². The summed E-state index contributed by atoms with van der Waals surface area (Å²) >= 11 is 0. The number of carbonyl (C=O) groups is 1. The molecule has 25 heavy (non-hydrogen) atoms. The predicted octanol–water partition coefficient (Wildman–Crippen LogP) is 2.71. The van der Waals surface area contributed by atoms with Crippen LogP contribution in [0.25, 0.3) is 0 Å². The highest BCUT2D eigenvalue weighted by Crippen LogP contribution is 2.20. The van der Waals surface area contributed by atoms with E-state index in [1.54, 1.807) is 0 Å². The van der Waals surface area contributed by atoms with E-state index in [0.29, 0.717) is 36.4 Å². The van der Waals surface area contributed by atoms with Crippen LogP contribution in [0.5, 0.6) is 5.75 Å². The molecule has 0 aliphatic carbocycles. The summed E-state index contributed by atoms with van der Waals surface area (Å²) in [5.74, 6) is 1.04. The maximum absolute atomic E-state index is 12.5. The van der Waals surface area contributed by atoms with E-state index in [1.165, 1.54) is 19.3 Å². The zero-order chi connectivity index (χ0) is 17.5. The Balaban J connectivity index is 1.50. The minimum Gasteiger partial charge on any atom is -0.491 e. The second kappa shape index (κ2) is 9.20. The lowest BCUT2D eigenvalue weighted by atomic mass is 10.0. The standard InChI is InChI=1S/C20H30N2O3/c1-16-6-4-5-10-22(16)11-13-25-19-8-3-2-7-18(19)20(23)21-14-17-9-12-24-15-17/h2-3,7-8,16-17H,4-6,9-15H2,1H3,(H,21,23)/t16-,17+/m0/s1. The third kappa shape index (κ3) is 5.19. The smallest absolute Gasteiger partial charge is 0.255 e. The van der Waals surface area contributed by atoms with Gasteiger partial charge < -0.3 is 14.8 Å². The Hall–Kier alpha value is -1.59. The number of benzene rings is 1. The number of nitrogens with zero attached hydrogens (tertiary/aromatic N) is 1. The molecule has 2 fully saturated rings. The molecule has 1 aromatic carbocycles. The van der Waals surface area contributed by atoms with Gasteiger partial charge in [0, 0.05) is 31.7 Å². The number of ether oxygens (including phenoxy) is 2. The second-order valence-corrected chi connectivity index (χ2v) is 7.17. The van der Waals surface area contributed by atoms with Crippen molar-refractivity contribution in [2.45, 2.75) is 38.6 Å². The molecule has 1 aromatic rings. The fourth-order valence-electron chi connectivity index (χ4n) is 3.62. The number of hydrogen-bond donors (Lipinski definition) is 1. The van der Waals surface area contributed by atoms with E-state index in [4.69, 9.17) is 9.47 Å². The lowest BCUT2D eigenvalue weighted by molar-refractivity contribution is 0.0937. The molecule has 2 aliphatic heterocycles. The lowest BCUT2D eigenvalue weighted by Gasteiger charge is -2.33. The van der Waals surface area contributed by atoms with Gasteiger partial charge in [-0.05, 0) is 44.9 Å². The van der Waals surface area contributed by atoms with Crippen molar-refractivity contribution < 1.29 is 14.3 Å². The van der Waals surface area contributed by atoms with E-state index >= 15 is 0 Å². The van der Waals surface area contributed by atoms with Crippen LogP contribution in [0.4, 0.5) is 0 Å². The van der Waals surface area contributed by atoms with Gasteiger partial charge in [0.1, 0.15) is 12.4 Å². The highest BCUT2D eigenvalue weighted by molar-refractivity contribution is 5.96. The maximum Gasteiger partial charge on any atom is 0.255 e. The number of piperidine rings is 1. The molecule has 2 saturated heterocycles. The molecule has 0 saturated carbocycles. The van der Waals surface area contributed by atoms with E-state index in [9.17, 15) is 4.79 Å². The average molecular weight is 346 g/mol. The summed E-state index contributed by atoms with van der Waals surface area (Å²) in [4.78, 5) is 15.0. The molecule has 5 nitrogen and oxygen atoms in total. The van der Waals surface area contributed by atoms with Crippen LogP contribution in [-0.4, -0.2) is 56.3 Å². The third-order valence-corrected chi connectivity index (χ3v) is 5.28. The van der Waals surface area contributed by atoms with Crippen LogP contribution in [0.2, 0.25) is 0 Å². The first kappa shape index (κ1) is 18.2. The van der Waals surface area contributed by atoms with Crippen molar-refractivity contribution in [2.24, 2.45) is 5.92 Å². The number of para-hydroxylation sites is 1. The largest absolute Gasteiger partial charge is 0.491 e. The monoisotopic (exact) mass is 346 g/mol. The van der Waals surface area contributed by atoms with Crippen LogP contribution in [0.3, 0.4) is 0 Å². The van der Waals surface area contributed by atoms with Crippen LogP contribution in [0.1, 0.15) is 43.0 Å². The van der Waals surface area contributed by atoms with Crippen molar-refractivity contribution in [3.8, 4) is 5.75 Å². The van der Waals surface area contributed by atoms with Crippen molar-refractivity contribution in [1.29, 1.82) is 0 Å². The van der Waals surface area contributed by atoms with E-state index in [1.807, 2.05) is 24.3 Å². The first-order valence-electron chi connectivity index (χ1n) is 9.56. The van der Waals surface area contributed by atoms with Crippen molar-refractivity contribution >= 4 is 5.91 Å². The van der Waals surface area contributed by atoms with Gasteiger partial charge in [-0.3, -0.25) is 9.69 Å². The molecule has 5 heteroatoms. The minimum atomic E-state index is -0.0613. The van der Waals surface area contributed by atoms with E-state index in [0.717, 1.165) is 32.7 Å². The van der Waals surface area contributed by atoms with Gasteiger partial charge in [-0.25, -0.2) is 0 Å². The van der Waals surface area contributed by atoms with Crippen LogP contribution >= 0.6 is 0 Å². The Kier molecular flexibility index (Phi) is 6.70. The van der Waals surface area contributed by atoms with Crippen LogP contribution in [0.15, 0.2) is 24.3 Å². The first-order valence-corrected chi connectivity index (χ1v) is 9.56. The SMILES string of the molecule is C[C@H]1CCCCN1CCOc1ccccc1C(=O)NC[C@H]1CCOC1. The number of carbonyl (C=O) groups excluding carboxylic acids is 1. The van der Waals surface area contributed by atoms with E-state index in [-0.39, 0.29) is 5.91 Å². The first-order chi connectivity index (χ1) is 12.2. The Morgan fingerprint density at radius 3 is 3.00 bits per heavy atom. The molecule has 0 unspecified atom stereocenters. The molecule has 138 valence electrons. The average Bonchev–Trinajstić information content (AvgIpc) is 3.15. The summed E-state index contributed by atoms with van der Waals surface area (Å²) in [5, 5.41) is 3.02. The summed E-state index contributed by atoms with van der Waals surface area (Å²) < 4.78 is 11.3. The van der Waals surface area contributed by atoms with Gasteiger partial charge in [-0.15, -0.1) is 0 Å². The van der Waals surface area contributed by atoms with Gasteiger partial charge in [0.15, 0.2) is 0 Å². The fraction of sp³-hybridized carbons (Fsp3) is 0.650. The number of rotatable bonds is 7. The Morgan fingerprint density at radius 2 is 2.20 bits per heavy atom. The van der Waals surface area contributed by atoms with Gasteiger partial charge in [-0.1, -0.05) is 18.6 Å². The summed E-state index contributed by atoms with van der Waals surface area (Å²) in [6.45, 7) is 7.17.